The Labute approximate surface area is 97.0 Å². The van der Waals surface area contributed by atoms with Gasteiger partial charge in [0.2, 0.25) is 0 Å². The van der Waals surface area contributed by atoms with Gasteiger partial charge in [-0.3, -0.25) is 0 Å². The van der Waals surface area contributed by atoms with Crippen molar-refractivity contribution in [3.8, 4) is 5.69 Å². The first-order valence-corrected chi connectivity index (χ1v) is 5.60. The van der Waals surface area contributed by atoms with E-state index in [1.165, 1.54) is 0 Å². The zero-order valence-corrected chi connectivity index (χ0v) is 10.0. The molecule has 0 aliphatic carbocycles. The topological polar surface area (TPSA) is 43.8 Å². The van der Waals surface area contributed by atoms with Crippen LogP contribution >= 0.6 is 15.9 Å². The summed E-state index contributed by atoms with van der Waals surface area (Å²) in [5, 5.41) is 4.28. The van der Waals surface area contributed by atoms with Crippen LogP contribution in [-0.4, -0.2) is 9.78 Å². The highest BCUT2D eigenvalue weighted by Crippen LogP contribution is 2.24. The van der Waals surface area contributed by atoms with Gasteiger partial charge in [0, 0.05) is 10.0 Å². The fraction of sp³-hybridized carbons (Fsp3) is 0.182. The van der Waals surface area contributed by atoms with Gasteiger partial charge in [-0.1, -0.05) is 19.1 Å². The van der Waals surface area contributed by atoms with Crippen molar-refractivity contribution in [3.05, 3.63) is 40.5 Å². The fourth-order valence-corrected chi connectivity index (χ4v) is 1.93. The number of aromatic nitrogens is 2. The molecule has 2 aromatic rings. The van der Waals surface area contributed by atoms with Crippen molar-refractivity contribution in [2.45, 2.75) is 13.3 Å². The van der Waals surface area contributed by atoms with Gasteiger partial charge in [0.15, 0.2) is 0 Å². The summed E-state index contributed by atoms with van der Waals surface area (Å²) in [4.78, 5) is 0. The number of hydrogen-bond acceptors (Lipinski definition) is 2. The maximum atomic E-state index is 5.99. The third kappa shape index (κ3) is 1.77. The van der Waals surface area contributed by atoms with E-state index in [1.54, 1.807) is 4.68 Å². The van der Waals surface area contributed by atoms with E-state index < -0.39 is 0 Å². The predicted octanol–water partition coefficient (Wildman–Crippen LogP) is 2.78. The average molecular weight is 266 g/mol. The van der Waals surface area contributed by atoms with Crippen LogP contribution in [0.5, 0.6) is 0 Å². The third-order valence-corrected chi connectivity index (χ3v) is 3.02. The molecule has 2 rings (SSSR count). The Morgan fingerprint density at radius 2 is 2.13 bits per heavy atom. The molecule has 0 radical (unpaired) electrons. The molecule has 0 saturated heterocycles. The summed E-state index contributed by atoms with van der Waals surface area (Å²) >= 11 is 3.48. The van der Waals surface area contributed by atoms with Crippen molar-refractivity contribution in [2.75, 3.05) is 5.73 Å². The molecule has 3 nitrogen and oxygen atoms in total. The number of rotatable bonds is 2. The first kappa shape index (κ1) is 10.2. The Bertz CT molecular complexity index is 476. The quantitative estimate of drug-likeness (QED) is 0.908. The van der Waals surface area contributed by atoms with Gasteiger partial charge in [-0.2, -0.15) is 5.10 Å². The molecule has 15 heavy (non-hydrogen) atoms. The van der Waals surface area contributed by atoms with Gasteiger partial charge < -0.3 is 5.73 Å². The summed E-state index contributed by atoms with van der Waals surface area (Å²) in [7, 11) is 0. The van der Waals surface area contributed by atoms with Crippen molar-refractivity contribution in [3.63, 3.8) is 0 Å². The number of hydrogen-bond donors (Lipinski definition) is 1. The number of anilines is 1. The van der Waals surface area contributed by atoms with E-state index in [1.807, 2.05) is 30.5 Å². The molecule has 1 aromatic heterocycles. The lowest BCUT2D eigenvalue weighted by molar-refractivity contribution is 0.886. The van der Waals surface area contributed by atoms with Gasteiger partial charge in [0.25, 0.3) is 0 Å². The Hall–Kier alpha value is -1.29. The monoisotopic (exact) mass is 265 g/mol. The van der Waals surface area contributed by atoms with Crippen LogP contribution in [0.3, 0.4) is 0 Å². The lowest BCUT2D eigenvalue weighted by Gasteiger charge is -2.06. The second-order valence-corrected chi connectivity index (χ2v) is 4.13. The molecule has 0 atom stereocenters. The van der Waals surface area contributed by atoms with Crippen LogP contribution in [0, 0.1) is 0 Å². The summed E-state index contributed by atoms with van der Waals surface area (Å²) in [5.74, 6) is 0.712. The molecule has 0 aliphatic heterocycles. The summed E-state index contributed by atoms with van der Waals surface area (Å²) in [6.07, 6.45) is 2.71. The molecule has 78 valence electrons. The maximum Gasteiger partial charge on any atom is 0.130 e. The molecule has 0 unspecified atom stereocenters. The van der Waals surface area contributed by atoms with Crippen molar-refractivity contribution >= 4 is 21.7 Å². The summed E-state index contributed by atoms with van der Waals surface area (Å²) in [5.41, 5.74) is 8.04. The van der Waals surface area contributed by atoms with E-state index >= 15 is 0 Å². The summed E-state index contributed by atoms with van der Waals surface area (Å²) < 4.78 is 2.74. The third-order valence-electron chi connectivity index (χ3n) is 2.35. The van der Waals surface area contributed by atoms with Gasteiger partial charge in [0.1, 0.15) is 5.82 Å². The molecule has 0 fully saturated rings. The van der Waals surface area contributed by atoms with Crippen molar-refractivity contribution in [2.24, 2.45) is 0 Å². The van der Waals surface area contributed by atoms with Gasteiger partial charge >= 0.3 is 0 Å². The molecule has 1 aromatic carbocycles. The smallest absolute Gasteiger partial charge is 0.130 e. The highest BCUT2D eigenvalue weighted by atomic mass is 79.9. The molecule has 0 saturated carbocycles. The first-order chi connectivity index (χ1) is 7.24. The molecule has 0 bridgehead atoms. The second kappa shape index (κ2) is 4.06. The van der Waals surface area contributed by atoms with Crippen LogP contribution in [0.4, 0.5) is 5.82 Å². The summed E-state index contributed by atoms with van der Waals surface area (Å²) in [6.45, 7) is 2.07. The molecular formula is C11H12BrN3. The number of halogens is 1. The predicted molar refractivity (Wildman–Crippen MR) is 65.1 cm³/mol. The Morgan fingerprint density at radius 3 is 2.73 bits per heavy atom. The number of nitrogen functional groups attached to an aromatic ring is 1. The molecule has 0 amide bonds. The minimum atomic E-state index is 0.712. The Balaban J connectivity index is 2.55. The second-order valence-electron chi connectivity index (χ2n) is 3.27. The lowest BCUT2D eigenvalue weighted by atomic mass is 10.2. The molecule has 0 spiro atoms. The highest BCUT2D eigenvalue weighted by molar-refractivity contribution is 9.10. The van der Waals surface area contributed by atoms with Crippen LogP contribution in [0.1, 0.15) is 12.5 Å². The van der Waals surface area contributed by atoms with Crippen molar-refractivity contribution in [1.29, 1.82) is 0 Å². The minimum absolute atomic E-state index is 0.712. The van der Waals surface area contributed by atoms with Crippen LogP contribution in [0.15, 0.2) is 34.9 Å². The fourth-order valence-electron chi connectivity index (χ4n) is 1.48. The SMILES string of the molecule is CCc1cnn(-c2ccccc2Br)c1N. The van der Waals surface area contributed by atoms with Crippen LogP contribution < -0.4 is 5.73 Å². The number of nitrogens with zero attached hydrogens (tertiary/aromatic N) is 2. The van der Waals surface area contributed by atoms with E-state index in [2.05, 4.69) is 28.0 Å². The van der Waals surface area contributed by atoms with E-state index in [-0.39, 0.29) is 0 Å². The number of nitrogens with two attached hydrogens (primary N) is 1. The van der Waals surface area contributed by atoms with Crippen LogP contribution in [0.2, 0.25) is 0 Å². The van der Waals surface area contributed by atoms with E-state index in [0.29, 0.717) is 5.82 Å². The van der Waals surface area contributed by atoms with Crippen molar-refractivity contribution < 1.29 is 0 Å². The standard InChI is InChI=1S/C11H12BrN3/c1-2-8-7-14-15(11(8)13)10-6-4-3-5-9(10)12/h3-7H,2,13H2,1H3. The largest absolute Gasteiger partial charge is 0.383 e. The van der Waals surface area contributed by atoms with Crippen LogP contribution in [0.25, 0.3) is 5.69 Å². The Kier molecular flexibility index (Phi) is 2.77. The van der Waals surface area contributed by atoms with E-state index in [4.69, 9.17) is 5.73 Å². The van der Waals surface area contributed by atoms with Crippen LogP contribution in [-0.2, 0) is 6.42 Å². The summed E-state index contributed by atoms with van der Waals surface area (Å²) in [6, 6.07) is 7.88. The van der Waals surface area contributed by atoms with Gasteiger partial charge in [-0.15, -0.1) is 0 Å². The maximum absolute atomic E-state index is 5.99. The zero-order chi connectivity index (χ0) is 10.8. The van der Waals surface area contributed by atoms with Gasteiger partial charge in [-0.05, 0) is 34.5 Å². The number of para-hydroxylation sites is 1. The molecule has 0 aliphatic rings. The number of benzene rings is 1. The van der Waals surface area contributed by atoms with E-state index in [9.17, 15) is 0 Å². The minimum Gasteiger partial charge on any atom is -0.383 e. The lowest BCUT2D eigenvalue weighted by Crippen LogP contribution is -2.03. The highest BCUT2D eigenvalue weighted by Gasteiger charge is 2.09. The van der Waals surface area contributed by atoms with Gasteiger partial charge in [0.05, 0.1) is 11.9 Å². The average Bonchev–Trinajstić information content (AvgIpc) is 2.60. The molecule has 4 heteroatoms. The van der Waals surface area contributed by atoms with Crippen molar-refractivity contribution in [1.82, 2.24) is 9.78 Å². The number of aryl methyl sites for hydroxylation is 1. The molecule has 1 heterocycles. The normalized spacial score (nSPS) is 10.5. The zero-order valence-electron chi connectivity index (χ0n) is 8.44. The molecular weight excluding hydrogens is 254 g/mol. The first-order valence-electron chi connectivity index (χ1n) is 4.81. The van der Waals surface area contributed by atoms with Gasteiger partial charge in [-0.25, -0.2) is 4.68 Å². The Morgan fingerprint density at radius 1 is 1.40 bits per heavy atom. The van der Waals surface area contributed by atoms with E-state index in [0.717, 1.165) is 22.1 Å². The molecule has 2 N–H and O–H groups in total.